The predicted molar refractivity (Wildman–Crippen MR) is 86.1 cm³/mol. The first-order valence-corrected chi connectivity index (χ1v) is 9.39. The highest BCUT2D eigenvalue weighted by atomic mass is 32.2. The Morgan fingerprint density at radius 3 is 2.87 bits per heavy atom. The van der Waals surface area contributed by atoms with Crippen molar-refractivity contribution in [3.05, 3.63) is 36.3 Å². The summed E-state index contributed by atoms with van der Waals surface area (Å²) >= 11 is 0. The number of anilines is 1. The molecule has 3 heterocycles. The summed E-state index contributed by atoms with van der Waals surface area (Å²) in [6.07, 6.45) is 7.61. The maximum atomic E-state index is 12.0. The minimum Gasteiger partial charge on any atom is -0.356 e. The summed E-state index contributed by atoms with van der Waals surface area (Å²) in [4.78, 5) is 19.1. The standard InChI is InChI=1S/C15H19N5O2S/c1-11-17-6-5-14(19-11)20-7-3-4-12(9-20)15-13(23(2,21)22)8-16-10-18-15/h5-6,8,10,12H,3-4,7,9H2,1-2H3. The molecule has 0 N–H and O–H groups in total. The molecular weight excluding hydrogens is 314 g/mol. The van der Waals surface area contributed by atoms with Gasteiger partial charge in [-0.25, -0.2) is 28.4 Å². The van der Waals surface area contributed by atoms with Crippen LogP contribution in [0.15, 0.2) is 29.7 Å². The molecule has 0 radical (unpaired) electrons. The Morgan fingerprint density at radius 2 is 2.13 bits per heavy atom. The minimum atomic E-state index is -3.34. The average molecular weight is 333 g/mol. The molecule has 2 aromatic heterocycles. The van der Waals surface area contributed by atoms with E-state index in [1.807, 2.05) is 13.0 Å². The zero-order valence-corrected chi connectivity index (χ0v) is 14.0. The van der Waals surface area contributed by atoms with Crippen molar-refractivity contribution in [2.75, 3.05) is 24.2 Å². The van der Waals surface area contributed by atoms with Crippen LogP contribution in [0.25, 0.3) is 0 Å². The normalized spacial score (nSPS) is 18.9. The molecule has 0 aromatic carbocycles. The van der Waals surface area contributed by atoms with Gasteiger partial charge in [0.15, 0.2) is 9.84 Å². The molecule has 7 nitrogen and oxygen atoms in total. The van der Waals surface area contributed by atoms with Gasteiger partial charge in [-0.2, -0.15) is 0 Å². The molecule has 0 aliphatic carbocycles. The van der Waals surface area contributed by atoms with Crippen LogP contribution < -0.4 is 4.90 Å². The SMILES string of the molecule is Cc1nccc(N2CCCC(c3ncncc3S(C)(=O)=O)C2)n1. The second-order valence-corrected chi connectivity index (χ2v) is 7.78. The van der Waals surface area contributed by atoms with Crippen molar-refractivity contribution in [2.45, 2.75) is 30.6 Å². The van der Waals surface area contributed by atoms with Gasteiger partial charge in [-0.1, -0.05) is 0 Å². The average Bonchev–Trinajstić information content (AvgIpc) is 2.54. The molecule has 0 amide bonds. The fourth-order valence-corrected chi connectivity index (χ4v) is 3.80. The summed E-state index contributed by atoms with van der Waals surface area (Å²) in [5.74, 6) is 1.65. The molecule has 2 aromatic rings. The van der Waals surface area contributed by atoms with Crippen LogP contribution in [0.1, 0.15) is 30.3 Å². The van der Waals surface area contributed by atoms with Crippen LogP contribution in [0.5, 0.6) is 0 Å². The number of sulfone groups is 1. The quantitative estimate of drug-likeness (QED) is 0.838. The Balaban J connectivity index is 1.91. The Kier molecular flexibility index (Phi) is 4.25. The molecule has 23 heavy (non-hydrogen) atoms. The van der Waals surface area contributed by atoms with Gasteiger partial charge in [-0.05, 0) is 25.8 Å². The smallest absolute Gasteiger partial charge is 0.178 e. The van der Waals surface area contributed by atoms with Gasteiger partial charge in [0.2, 0.25) is 0 Å². The number of piperidine rings is 1. The Morgan fingerprint density at radius 1 is 1.30 bits per heavy atom. The third-order valence-corrected chi connectivity index (χ3v) is 5.11. The summed E-state index contributed by atoms with van der Waals surface area (Å²) in [5, 5.41) is 0. The minimum absolute atomic E-state index is 0.0479. The van der Waals surface area contributed by atoms with E-state index < -0.39 is 9.84 Å². The van der Waals surface area contributed by atoms with Crippen LogP contribution in [-0.2, 0) is 9.84 Å². The van der Waals surface area contributed by atoms with E-state index >= 15 is 0 Å². The van der Waals surface area contributed by atoms with Crippen molar-refractivity contribution in [1.82, 2.24) is 19.9 Å². The fraction of sp³-hybridized carbons (Fsp3) is 0.467. The van der Waals surface area contributed by atoms with Crippen molar-refractivity contribution in [3.63, 3.8) is 0 Å². The lowest BCUT2D eigenvalue weighted by atomic mass is 9.94. The Bertz CT molecular complexity index is 809. The Hall–Kier alpha value is -2.09. The van der Waals surface area contributed by atoms with Crippen LogP contribution in [0.3, 0.4) is 0 Å². The van der Waals surface area contributed by atoms with E-state index in [2.05, 4.69) is 24.8 Å². The summed E-state index contributed by atoms with van der Waals surface area (Å²) in [5.41, 5.74) is 0.609. The first-order chi connectivity index (χ1) is 10.9. The van der Waals surface area contributed by atoms with Gasteiger partial charge in [0, 0.05) is 37.7 Å². The van der Waals surface area contributed by atoms with Crippen LogP contribution in [-0.4, -0.2) is 47.7 Å². The third-order valence-electron chi connectivity index (χ3n) is 4.00. The number of hydrogen-bond acceptors (Lipinski definition) is 7. The molecule has 3 rings (SSSR count). The topological polar surface area (TPSA) is 88.9 Å². The second kappa shape index (κ2) is 6.19. The summed E-state index contributed by atoms with van der Waals surface area (Å²) in [6.45, 7) is 3.44. The lowest BCUT2D eigenvalue weighted by Gasteiger charge is -2.33. The van der Waals surface area contributed by atoms with Crippen molar-refractivity contribution in [1.29, 1.82) is 0 Å². The summed E-state index contributed by atoms with van der Waals surface area (Å²) in [6, 6.07) is 1.88. The van der Waals surface area contributed by atoms with Crippen LogP contribution >= 0.6 is 0 Å². The molecule has 1 aliphatic rings. The van der Waals surface area contributed by atoms with Gasteiger partial charge in [0.05, 0.1) is 5.69 Å². The summed E-state index contributed by atoms with van der Waals surface area (Å²) in [7, 11) is -3.34. The third kappa shape index (κ3) is 3.47. The highest BCUT2D eigenvalue weighted by molar-refractivity contribution is 7.90. The zero-order valence-electron chi connectivity index (χ0n) is 13.2. The van der Waals surface area contributed by atoms with Crippen LogP contribution in [0, 0.1) is 6.92 Å². The highest BCUT2D eigenvalue weighted by Crippen LogP contribution is 2.31. The molecule has 8 heteroatoms. The maximum Gasteiger partial charge on any atom is 0.178 e. The first kappa shape index (κ1) is 15.8. The number of nitrogens with zero attached hydrogens (tertiary/aromatic N) is 5. The van der Waals surface area contributed by atoms with Crippen molar-refractivity contribution in [3.8, 4) is 0 Å². The van der Waals surface area contributed by atoms with Crippen molar-refractivity contribution in [2.24, 2.45) is 0 Å². The molecule has 1 aliphatic heterocycles. The lowest BCUT2D eigenvalue weighted by molar-refractivity contribution is 0.489. The highest BCUT2D eigenvalue weighted by Gasteiger charge is 2.28. The van der Waals surface area contributed by atoms with E-state index in [-0.39, 0.29) is 10.8 Å². The predicted octanol–water partition coefficient (Wildman–Crippen LogP) is 1.36. The van der Waals surface area contributed by atoms with Gasteiger partial charge in [-0.3, -0.25) is 0 Å². The number of aromatic nitrogens is 4. The molecule has 1 saturated heterocycles. The number of rotatable bonds is 3. The maximum absolute atomic E-state index is 12.0. The monoisotopic (exact) mass is 333 g/mol. The number of aryl methyl sites for hydroxylation is 1. The molecule has 1 fully saturated rings. The van der Waals surface area contributed by atoms with E-state index in [0.29, 0.717) is 12.2 Å². The molecule has 0 bridgehead atoms. The van der Waals surface area contributed by atoms with Gasteiger partial charge >= 0.3 is 0 Å². The van der Waals surface area contributed by atoms with Gasteiger partial charge < -0.3 is 4.90 Å². The van der Waals surface area contributed by atoms with E-state index in [1.54, 1.807) is 6.20 Å². The molecular formula is C15H19N5O2S. The lowest BCUT2D eigenvalue weighted by Crippen LogP contribution is -2.35. The Labute approximate surface area is 135 Å². The van der Waals surface area contributed by atoms with E-state index in [1.165, 1.54) is 18.8 Å². The van der Waals surface area contributed by atoms with Crippen molar-refractivity contribution < 1.29 is 8.42 Å². The first-order valence-electron chi connectivity index (χ1n) is 7.49. The van der Waals surface area contributed by atoms with Crippen LogP contribution in [0.4, 0.5) is 5.82 Å². The van der Waals surface area contributed by atoms with Gasteiger partial charge in [-0.15, -0.1) is 0 Å². The van der Waals surface area contributed by atoms with E-state index in [0.717, 1.165) is 31.0 Å². The van der Waals surface area contributed by atoms with E-state index in [4.69, 9.17) is 0 Å². The van der Waals surface area contributed by atoms with Gasteiger partial charge in [0.25, 0.3) is 0 Å². The molecule has 122 valence electrons. The second-order valence-electron chi connectivity index (χ2n) is 5.79. The molecule has 1 unspecified atom stereocenters. The van der Waals surface area contributed by atoms with Gasteiger partial charge in [0.1, 0.15) is 22.9 Å². The van der Waals surface area contributed by atoms with Crippen molar-refractivity contribution >= 4 is 15.7 Å². The fourth-order valence-electron chi connectivity index (χ4n) is 2.95. The summed E-state index contributed by atoms with van der Waals surface area (Å²) < 4.78 is 24.0. The zero-order chi connectivity index (χ0) is 16.4. The number of hydrogen-bond donors (Lipinski definition) is 0. The van der Waals surface area contributed by atoms with Crippen LogP contribution in [0.2, 0.25) is 0 Å². The molecule has 0 saturated carbocycles. The molecule has 1 atom stereocenters. The molecule has 0 spiro atoms. The largest absolute Gasteiger partial charge is 0.356 e. The van der Waals surface area contributed by atoms with E-state index in [9.17, 15) is 8.42 Å².